The summed E-state index contributed by atoms with van der Waals surface area (Å²) in [7, 11) is 3.84. The molecule has 0 bridgehead atoms. The SMILES string of the molecule is COc1cc(CNCC2CCN(C)CC2)ccc1OCc1ccc(F)cc1. The van der Waals surface area contributed by atoms with E-state index in [9.17, 15) is 4.39 Å². The van der Waals surface area contributed by atoms with E-state index in [1.807, 2.05) is 12.1 Å². The molecule has 4 nitrogen and oxygen atoms in total. The first kappa shape index (κ1) is 19.6. The maximum absolute atomic E-state index is 13.0. The zero-order valence-corrected chi connectivity index (χ0v) is 16.2. The molecule has 3 rings (SSSR count). The van der Waals surface area contributed by atoms with Crippen LogP contribution < -0.4 is 14.8 Å². The Kier molecular flexibility index (Phi) is 7.07. The van der Waals surface area contributed by atoms with Gasteiger partial charge in [0, 0.05) is 6.54 Å². The Morgan fingerprint density at radius 1 is 1.04 bits per heavy atom. The Balaban J connectivity index is 1.50. The highest BCUT2D eigenvalue weighted by Crippen LogP contribution is 2.29. The van der Waals surface area contributed by atoms with E-state index >= 15 is 0 Å². The monoisotopic (exact) mass is 372 g/mol. The van der Waals surface area contributed by atoms with Gasteiger partial charge in [-0.2, -0.15) is 0 Å². The van der Waals surface area contributed by atoms with Crippen molar-refractivity contribution >= 4 is 0 Å². The van der Waals surface area contributed by atoms with Crippen LogP contribution in [0, 0.1) is 11.7 Å². The summed E-state index contributed by atoms with van der Waals surface area (Å²) >= 11 is 0. The lowest BCUT2D eigenvalue weighted by Gasteiger charge is -2.29. The number of rotatable bonds is 8. The van der Waals surface area contributed by atoms with E-state index in [1.165, 1.54) is 43.6 Å². The van der Waals surface area contributed by atoms with Crippen LogP contribution in [0.4, 0.5) is 4.39 Å². The van der Waals surface area contributed by atoms with Crippen LogP contribution in [0.25, 0.3) is 0 Å². The van der Waals surface area contributed by atoms with Crippen molar-refractivity contribution in [3.63, 3.8) is 0 Å². The highest BCUT2D eigenvalue weighted by Gasteiger charge is 2.16. The van der Waals surface area contributed by atoms with Gasteiger partial charge in [0.2, 0.25) is 0 Å². The van der Waals surface area contributed by atoms with Crippen LogP contribution in [0.2, 0.25) is 0 Å². The molecule has 146 valence electrons. The molecule has 0 aliphatic carbocycles. The fraction of sp³-hybridized carbons (Fsp3) is 0.455. The maximum Gasteiger partial charge on any atom is 0.161 e. The number of piperidine rings is 1. The number of benzene rings is 2. The number of ether oxygens (including phenoxy) is 2. The molecule has 5 heteroatoms. The van der Waals surface area contributed by atoms with Crippen LogP contribution in [0.5, 0.6) is 11.5 Å². The van der Waals surface area contributed by atoms with Crippen LogP contribution in [-0.4, -0.2) is 38.7 Å². The predicted octanol–water partition coefficient (Wildman–Crippen LogP) is 3.84. The quantitative estimate of drug-likeness (QED) is 0.763. The van der Waals surface area contributed by atoms with Gasteiger partial charge in [0.15, 0.2) is 11.5 Å². The van der Waals surface area contributed by atoms with Gasteiger partial charge in [0.05, 0.1) is 7.11 Å². The lowest BCUT2D eigenvalue weighted by atomic mass is 9.97. The van der Waals surface area contributed by atoms with Gasteiger partial charge in [-0.25, -0.2) is 4.39 Å². The Bertz CT molecular complexity index is 713. The molecule has 1 N–H and O–H groups in total. The summed E-state index contributed by atoms with van der Waals surface area (Å²) in [5.74, 6) is 1.94. The molecule has 0 amide bonds. The molecule has 0 atom stereocenters. The molecule has 1 aliphatic rings. The standard InChI is InChI=1S/C22H29FN2O2/c1-25-11-9-17(10-12-25)14-24-15-19-5-8-21(22(13-19)26-2)27-16-18-3-6-20(23)7-4-18/h3-8,13,17,24H,9-12,14-16H2,1-2H3. The second kappa shape index (κ2) is 9.72. The predicted molar refractivity (Wildman–Crippen MR) is 106 cm³/mol. The van der Waals surface area contributed by atoms with Gasteiger partial charge in [-0.15, -0.1) is 0 Å². The smallest absolute Gasteiger partial charge is 0.161 e. The number of hydrogen-bond donors (Lipinski definition) is 1. The third kappa shape index (κ3) is 5.94. The minimum Gasteiger partial charge on any atom is -0.493 e. The highest BCUT2D eigenvalue weighted by molar-refractivity contribution is 5.43. The second-order valence-corrected chi connectivity index (χ2v) is 7.28. The summed E-state index contributed by atoms with van der Waals surface area (Å²) in [6.07, 6.45) is 2.53. The molecule has 1 heterocycles. The van der Waals surface area contributed by atoms with E-state index in [4.69, 9.17) is 9.47 Å². The maximum atomic E-state index is 13.0. The van der Waals surface area contributed by atoms with Crippen molar-refractivity contribution in [2.45, 2.75) is 26.0 Å². The first-order valence-corrected chi connectivity index (χ1v) is 9.57. The highest BCUT2D eigenvalue weighted by atomic mass is 19.1. The molecular weight excluding hydrogens is 343 g/mol. The van der Waals surface area contributed by atoms with Gasteiger partial charge in [-0.05, 0) is 80.8 Å². The molecule has 0 aromatic heterocycles. The molecule has 2 aromatic carbocycles. The number of halogens is 1. The van der Waals surface area contributed by atoms with E-state index in [2.05, 4.69) is 23.3 Å². The van der Waals surface area contributed by atoms with E-state index in [1.54, 1.807) is 19.2 Å². The zero-order chi connectivity index (χ0) is 19.1. The van der Waals surface area contributed by atoms with Gasteiger partial charge >= 0.3 is 0 Å². The molecule has 0 saturated carbocycles. The van der Waals surface area contributed by atoms with Crippen molar-refractivity contribution in [3.05, 3.63) is 59.4 Å². The summed E-state index contributed by atoms with van der Waals surface area (Å²) in [5.41, 5.74) is 2.09. The van der Waals surface area contributed by atoms with Crippen molar-refractivity contribution in [1.82, 2.24) is 10.2 Å². The molecular formula is C22H29FN2O2. The van der Waals surface area contributed by atoms with Crippen LogP contribution >= 0.6 is 0 Å². The van der Waals surface area contributed by atoms with E-state index < -0.39 is 0 Å². The van der Waals surface area contributed by atoms with E-state index in [0.717, 1.165) is 30.3 Å². The summed E-state index contributed by atoms with van der Waals surface area (Å²) in [6.45, 7) is 4.64. The molecule has 1 fully saturated rings. The minimum atomic E-state index is -0.242. The number of nitrogens with zero attached hydrogens (tertiary/aromatic N) is 1. The van der Waals surface area contributed by atoms with E-state index in [-0.39, 0.29) is 5.82 Å². The Labute approximate surface area is 161 Å². The number of methoxy groups -OCH3 is 1. The first-order chi connectivity index (χ1) is 13.1. The normalized spacial score (nSPS) is 15.7. The summed E-state index contributed by atoms with van der Waals surface area (Å²) in [6, 6.07) is 12.3. The Hall–Kier alpha value is -2.11. The van der Waals surface area contributed by atoms with Crippen molar-refractivity contribution in [3.8, 4) is 11.5 Å². The van der Waals surface area contributed by atoms with Crippen molar-refractivity contribution < 1.29 is 13.9 Å². The minimum absolute atomic E-state index is 0.242. The van der Waals surface area contributed by atoms with Crippen molar-refractivity contribution in [2.24, 2.45) is 5.92 Å². The van der Waals surface area contributed by atoms with Crippen LogP contribution in [0.3, 0.4) is 0 Å². The fourth-order valence-electron chi connectivity index (χ4n) is 3.37. The third-order valence-corrected chi connectivity index (χ3v) is 5.14. The number of likely N-dealkylation sites (tertiary alicyclic amines) is 1. The van der Waals surface area contributed by atoms with Crippen molar-refractivity contribution in [1.29, 1.82) is 0 Å². The molecule has 0 spiro atoms. The van der Waals surface area contributed by atoms with E-state index in [0.29, 0.717) is 12.4 Å². The van der Waals surface area contributed by atoms with Crippen molar-refractivity contribution in [2.75, 3.05) is 33.8 Å². The average Bonchev–Trinajstić information content (AvgIpc) is 2.69. The topological polar surface area (TPSA) is 33.7 Å². The van der Waals surface area contributed by atoms with Gasteiger partial charge < -0.3 is 19.7 Å². The first-order valence-electron chi connectivity index (χ1n) is 9.57. The summed E-state index contributed by atoms with van der Waals surface area (Å²) in [5, 5.41) is 3.57. The molecule has 1 saturated heterocycles. The Morgan fingerprint density at radius 3 is 2.44 bits per heavy atom. The van der Waals surface area contributed by atoms with Gasteiger partial charge in [-0.1, -0.05) is 18.2 Å². The second-order valence-electron chi connectivity index (χ2n) is 7.28. The molecule has 27 heavy (non-hydrogen) atoms. The lowest BCUT2D eigenvalue weighted by Crippen LogP contribution is -2.34. The third-order valence-electron chi connectivity index (χ3n) is 5.14. The van der Waals surface area contributed by atoms with Gasteiger partial charge in [0.1, 0.15) is 12.4 Å². The summed E-state index contributed by atoms with van der Waals surface area (Å²) in [4.78, 5) is 2.39. The Morgan fingerprint density at radius 2 is 1.74 bits per heavy atom. The average molecular weight is 372 g/mol. The zero-order valence-electron chi connectivity index (χ0n) is 16.2. The van der Waals surface area contributed by atoms with Crippen LogP contribution in [0.1, 0.15) is 24.0 Å². The van der Waals surface area contributed by atoms with Crippen LogP contribution in [0.15, 0.2) is 42.5 Å². The summed E-state index contributed by atoms with van der Waals surface area (Å²) < 4.78 is 24.3. The fourth-order valence-corrected chi connectivity index (χ4v) is 3.37. The lowest BCUT2D eigenvalue weighted by molar-refractivity contribution is 0.216. The van der Waals surface area contributed by atoms with Gasteiger partial charge in [0.25, 0.3) is 0 Å². The molecule has 0 radical (unpaired) electrons. The molecule has 2 aromatic rings. The molecule has 1 aliphatic heterocycles. The van der Waals surface area contributed by atoms with Crippen LogP contribution in [-0.2, 0) is 13.2 Å². The van der Waals surface area contributed by atoms with Gasteiger partial charge in [-0.3, -0.25) is 0 Å². The number of nitrogens with one attached hydrogen (secondary N) is 1. The molecule has 0 unspecified atom stereocenters. The largest absolute Gasteiger partial charge is 0.493 e. The number of hydrogen-bond acceptors (Lipinski definition) is 4.